The van der Waals surface area contributed by atoms with Crippen LogP contribution in [0.1, 0.15) is 42.5 Å². The topological polar surface area (TPSA) is 134 Å². The molecule has 3 aromatic rings. The first-order valence-electron chi connectivity index (χ1n) is 11.0. The number of ether oxygens (including phenoxy) is 2. The minimum Gasteiger partial charge on any atom is -0.463 e. The fraction of sp³-hybridized carbons (Fsp3) is 0.280. The monoisotopic (exact) mass is 461 g/mol. The maximum atomic E-state index is 13.5. The molecule has 9 heteroatoms. The van der Waals surface area contributed by atoms with Gasteiger partial charge in [-0.1, -0.05) is 25.1 Å². The molecule has 2 aliphatic rings. The van der Waals surface area contributed by atoms with Crippen molar-refractivity contribution in [3.8, 4) is 11.4 Å². The van der Waals surface area contributed by atoms with Crippen LogP contribution in [0.25, 0.3) is 28.4 Å². The summed E-state index contributed by atoms with van der Waals surface area (Å²) in [6.45, 7) is 3.51. The SMILES string of the molecule is CCOC(=O)/C=C/c1c2c(nc3ccccc13)-c1c(N)c3c(c(=O)n1C2)COC(=O)[C@]3(O)CC. The molecular formula is C25H23N3O6. The summed E-state index contributed by atoms with van der Waals surface area (Å²) in [5, 5.41) is 11.9. The molecule has 1 aromatic carbocycles. The zero-order valence-electron chi connectivity index (χ0n) is 18.8. The number of rotatable bonds is 4. The maximum absolute atomic E-state index is 13.5. The number of nitrogen functional groups attached to an aromatic ring is 1. The minimum atomic E-state index is -2.02. The fourth-order valence-corrected chi connectivity index (χ4v) is 4.81. The van der Waals surface area contributed by atoms with E-state index < -0.39 is 23.1 Å². The van der Waals surface area contributed by atoms with Crippen molar-refractivity contribution in [2.75, 3.05) is 12.3 Å². The first-order chi connectivity index (χ1) is 16.3. The highest BCUT2D eigenvalue weighted by molar-refractivity contribution is 5.98. The maximum Gasteiger partial charge on any atom is 0.343 e. The lowest BCUT2D eigenvalue weighted by Crippen LogP contribution is -2.45. The van der Waals surface area contributed by atoms with Crippen LogP contribution in [0.15, 0.2) is 35.1 Å². The number of esters is 2. The van der Waals surface area contributed by atoms with Crippen LogP contribution in [0.4, 0.5) is 5.69 Å². The van der Waals surface area contributed by atoms with Crippen LogP contribution in [0.3, 0.4) is 0 Å². The molecule has 0 unspecified atom stereocenters. The van der Waals surface area contributed by atoms with E-state index in [0.29, 0.717) is 28.0 Å². The molecule has 0 amide bonds. The van der Waals surface area contributed by atoms with Gasteiger partial charge in [-0.05, 0) is 31.1 Å². The van der Waals surface area contributed by atoms with Gasteiger partial charge in [0.1, 0.15) is 6.61 Å². The number of aromatic nitrogens is 2. The molecule has 34 heavy (non-hydrogen) atoms. The predicted octanol–water partition coefficient (Wildman–Crippen LogP) is 2.24. The Bertz CT molecular complexity index is 1470. The van der Waals surface area contributed by atoms with Gasteiger partial charge in [0.05, 0.1) is 41.3 Å². The summed E-state index contributed by atoms with van der Waals surface area (Å²) in [4.78, 5) is 42.7. The van der Waals surface area contributed by atoms with E-state index in [4.69, 9.17) is 20.2 Å². The Kier molecular flexibility index (Phi) is 5.02. The third-order valence-electron chi connectivity index (χ3n) is 6.46. The highest BCUT2D eigenvalue weighted by atomic mass is 16.6. The fourth-order valence-electron chi connectivity index (χ4n) is 4.81. The quantitative estimate of drug-likeness (QED) is 0.349. The molecule has 0 fully saturated rings. The summed E-state index contributed by atoms with van der Waals surface area (Å²) in [5.41, 5.74) is 7.39. The second-order valence-electron chi connectivity index (χ2n) is 8.25. The zero-order chi connectivity index (χ0) is 24.2. The molecule has 0 spiro atoms. The number of hydrogen-bond acceptors (Lipinski definition) is 8. The minimum absolute atomic E-state index is 0.00252. The van der Waals surface area contributed by atoms with Crippen molar-refractivity contribution < 1.29 is 24.2 Å². The normalized spacial score (nSPS) is 18.5. The third-order valence-corrected chi connectivity index (χ3v) is 6.46. The number of anilines is 1. The molecule has 4 heterocycles. The molecule has 2 aliphatic heterocycles. The second-order valence-corrected chi connectivity index (χ2v) is 8.25. The van der Waals surface area contributed by atoms with Crippen LogP contribution < -0.4 is 11.3 Å². The van der Waals surface area contributed by atoms with E-state index in [-0.39, 0.29) is 43.0 Å². The van der Waals surface area contributed by atoms with Crippen molar-refractivity contribution in [1.82, 2.24) is 9.55 Å². The summed E-state index contributed by atoms with van der Waals surface area (Å²) in [6, 6.07) is 7.41. The summed E-state index contributed by atoms with van der Waals surface area (Å²) in [5.74, 6) is -1.32. The van der Waals surface area contributed by atoms with E-state index in [1.54, 1.807) is 19.9 Å². The van der Waals surface area contributed by atoms with Gasteiger partial charge in [-0.15, -0.1) is 0 Å². The summed E-state index contributed by atoms with van der Waals surface area (Å²) in [7, 11) is 0. The molecule has 0 aliphatic carbocycles. The van der Waals surface area contributed by atoms with Crippen LogP contribution in [0.5, 0.6) is 0 Å². The average molecular weight is 461 g/mol. The van der Waals surface area contributed by atoms with Crippen molar-refractivity contribution in [3.63, 3.8) is 0 Å². The molecule has 3 N–H and O–H groups in total. The number of nitrogens with zero attached hydrogens (tertiary/aromatic N) is 2. The van der Waals surface area contributed by atoms with Gasteiger partial charge in [-0.25, -0.2) is 14.6 Å². The van der Waals surface area contributed by atoms with Gasteiger partial charge in [0.25, 0.3) is 5.56 Å². The molecule has 5 rings (SSSR count). The number of carbonyl (C=O) groups is 2. The molecule has 9 nitrogen and oxygen atoms in total. The Morgan fingerprint density at radius 3 is 2.79 bits per heavy atom. The highest BCUT2D eigenvalue weighted by Gasteiger charge is 2.47. The Labute approximate surface area is 194 Å². The number of aliphatic hydroxyl groups is 1. The molecule has 0 saturated heterocycles. The van der Waals surface area contributed by atoms with E-state index in [9.17, 15) is 19.5 Å². The zero-order valence-corrected chi connectivity index (χ0v) is 18.8. The number of hydrogen-bond donors (Lipinski definition) is 2. The largest absolute Gasteiger partial charge is 0.463 e. The number of nitrogens with two attached hydrogens (primary N) is 1. The lowest BCUT2D eigenvalue weighted by Gasteiger charge is -2.33. The number of pyridine rings is 2. The summed E-state index contributed by atoms with van der Waals surface area (Å²) < 4.78 is 11.6. The van der Waals surface area contributed by atoms with Gasteiger partial charge in [-0.2, -0.15) is 0 Å². The Morgan fingerprint density at radius 1 is 1.29 bits per heavy atom. The van der Waals surface area contributed by atoms with Gasteiger partial charge in [0, 0.05) is 22.6 Å². The summed E-state index contributed by atoms with van der Waals surface area (Å²) in [6.07, 6.45) is 2.99. The molecule has 0 saturated carbocycles. The number of cyclic esters (lactones) is 1. The van der Waals surface area contributed by atoms with Crippen LogP contribution >= 0.6 is 0 Å². The third kappa shape index (κ3) is 2.97. The van der Waals surface area contributed by atoms with E-state index in [1.165, 1.54) is 10.6 Å². The standard InChI is InChI=1S/C25H23N3O6/c1-3-25(32)19-16(12-34-24(25)31)23(30)28-11-15-13(9-10-18(29)33-4-2)14-7-5-6-8-17(14)27-21(15)22(28)20(19)26/h5-10,32H,3-4,11-12,26H2,1-2H3/b10-9+/t25-/m0/s1. The summed E-state index contributed by atoms with van der Waals surface area (Å²) >= 11 is 0. The molecule has 174 valence electrons. The molecule has 1 atom stereocenters. The molecule has 2 aromatic heterocycles. The lowest BCUT2D eigenvalue weighted by atomic mass is 9.84. The lowest BCUT2D eigenvalue weighted by molar-refractivity contribution is -0.172. The van der Waals surface area contributed by atoms with Gasteiger partial charge in [0.2, 0.25) is 0 Å². The Balaban J connectivity index is 1.81. The van der Waals surface area contributed by atoms with Gasteiger partial charge >= 0.3 is 11.9 Å². The van der Waals surface area contributed by atoms with Crippen molar-refractivity contribution >= 4 is 34.6 Å². The van der Waals surface area contributed by atoms with Crippen molar-refractivity contribution in [2.24, 2.45) is 0 Å². The second kappa shape index (κ2) is 7.81. The van der Waals surface area contributed by atoms with Crippen LogP contribution in [-0.2, 0) is 37.8 Å². The Morgan fingerprint density at radius 2 is 2.06 bits per heavy atom. The van der Waals surface area contributed by atoms with Gasteiger partial charge < -0.3 is 24.9 Å². The Hall–Kier alpha value is -3.98. The number of fused-ring (bicyclic) bond motifs is 5. The van der Waals surface area contributed by atoms with Crippen molar-refractivity contribution in [1.29, 1.82) is 0 Å². The van der Waals surface area contributed by atoms with Crippen LogP contribution in [0, 0.1) is 0 Å². The van der Waals surface area contributed by atoms with E-state index in [1.807, 2.05) is 24.3 Å². The van der Waals surface area contributed by atoms with Gasteiger partial charge in [-0.3, -0.25) is 4.79 Å². The van der Waals surface area contributed by atoms with Crippen molar-refractivity contribution in [3.05, 3.63) is 62.9 Å². The van der Waals surface area contributed by atoms with Crippen LogP contribution in [0.2, 0.25) is 0 Å². The van der Waals surface area contributed by atoms with Crippen molar-refractivity contribution in [2.45, 2.75) is 39.0 Å². The van der Waals surface area contributed by atoms with E-state index >= 15 is 0 Å². The first kappa shape index (κ1) is 21.8. The average Bonchev–Trinajstić information content (AvgIpc) is 3.22. The number of benzene rings is 1. The predicted molar refractivity (Wildman–Crippen MR) is 125 cm³/mol. The number of para-hydroxylation sites is 1. The molecule has 0 radical (unpaired) electrons. The van der Waals surface area contributed by atoms with E-state index in [2.05, 4.69) is 0 Å². The molecular weight excluding hydrogens is 438 g/mol. The number of carbonyl (C=O) groups excluding carboxylic acids is 2. The van der Waals surface area contributed by atoms with E-state index in [0.717, 1.165) is 5.39 Å². The van der Waals surface area contributed by atoms with Gasteiger partial charge in [0.15, 0.2) is 5.60 Å². The molecule has 0 bridgehead atoms. The first-order valence-corrected chi connectivity index (χ1v) is 11.0. The van der Waals surface area contributed by atoms with Crippen LogP contribution in [-0.4, -0.2) is 33.2 Å². The smallest absolute Gasteiger partial charge is 0.343 e. The highest BCUT2D eigenvalue weighted by Crippen LogP contribution is 2.45.